The van der Waals surface area contributed by atoms with E-state index in [9.17, 15) is 13.2 Å². The molecule has 0 aliphatic carbocycles. The third-order valence-corrected chi connectivity index (χ3v) is 6.35. The number of ether oxygens (including phenoxy) is 1. The first-order valence-electron chi connectivity index (χ1n) is 6.52. The van der Waals surface area contributed by atoms with Crippen molar-refractivity contribution < 1.29 is 17.9 Å². The molecule has 0 aromatic heterocycles. The molecule has 21 heavy (non-hydrogen) atoms. The molecule has 1 atom stereocenters. The zero-order chi connectivity index (χ0) is 15.6. The van der Waals surface area contributed by atoms with Gasteiger partial charge in [-0.15, -0.1) is 0 Å². The Labute approximate surface area is 132 Å². The number of nitrogens with two attached hydrogens (primary N) is 1. The predicted octanol–water partition coefficient (Wildman–Crippen LogP) is 1.75. The van der Waals surface area contributed by atoms with Crippen molar-refractivity contribution >= 4 is 37.6 Å². The molecule has 0 saturated carbocycles. The van der Waals surface area contributed by atoms with Crippen LogP contribution in [-0.2, 0) is 19.6 Å². The molecule has 1 saturated heterocycles. The molecule has 8 heteroatoms. The Bertz CT molecular complexity index is 648. The first-order chi connectivity index (χ1) is 9.87. The number of nitrogen functional groups attached to an aromatic ring is 1. The maximum absolute atomic E-state index is 12.8. The molecule has 6 nitrogen and oxygen atoms in total. The smallest absolute Gasteiger partial charge is 0.324 e. The number of benzene rings is 1. The van der Waals surface area contributed by atoms with E-state index in [1.165, 1.54) is 29.6 Å². The Balaban J connectivity index is 2.43. The van der Waals surface area contributed by atoms with Crippen molar-refractivity contribution in [1.82, 2.24) is 4.31 Å². The van der Waals surface area contributed by atoms with Crippen molar-refractivity contribution in [3.63, 3.8) is 0 Å². The van der Waals surface area contributed by atoms with E-state index in [-0.39, 0.29) is 4.90 Å². The van der Waals surface area contributed by atoms with Gasteiger partial charge in [0.25, 0.3) is 0 Å². The second-order valence-corrected chi connectivity index (χ2v) is 7.55. The summed E-state index contributed by atoms with van der Waals surface area (Å²) in [6.45, 7) is 0.304. The molecule has 1 aromatic rings. The highest BCUT2D eigenvalue weighted by atomic mass is 79.9. The molecule has 2 rings (SSSR count). The van der Waals surface area contributed by atoms with E-state index < -0.39 is 22.0 Å². The van der Waals surface area contributed by atoms with Gasteiger partial charge in [-0.25, -0.2) is 8.42 Å². The summed E-state index contributed by atoms with van der Waals surface area (Å²) in [5.74, 6) is -0.523. The van der Waals surface area contributed by atoms with Crippen molar-refractivity contribution in [2.75, 3.05) is 19.4 Å². The van der Waals surface area contributed by atoms with Gasteiger partial charge in [0.1, 0.15) is 6.04 Å². The maximum atomic E-state index is 12.8. The molecular weight excluding hydrogens is 360 g/mol. The Morgan fingerprint density at radius 1 is 1.43 bits per heavy atom. The van der Waals surface area contributed by atoms with Gasteiger partial charge in [0, 0.05) is 16.7 Å². The van der Waals surface area contributed by atoms with E-state index in [1.54, 1.807) is 0 Å². The van der Waals surface area contributed by atoms with Crippen LogP contribution < -0.4 is 5.73 Å². The van der Waals surface area contributed by atoms with Crippen molar-refractivity contribution in [3.05, 3.63) is 22.7 Å². The molecule has 0 amide bonds. The summed E-state index contributed by atoms with van der Waals surface area (Å²) < 4.78 is 31.9. The monoisotopic (exact) mass is 376 g/mol. The molecule has 1 aliphatic rings. The minimum atomic E-state index is -3.78. The SMILES string of the molecule is COC(=O)C1CCCCN1S(=O)(=O)c1ccc(N)cc1Br. The fraction of sp³-hybridized carbons (Fsp3) is 0.462. The van der Waals surface area contributed by atoms with Crippen LogP contribution in [-0.4, -0.2) is 38.4 Å². The van der Waals surface area contributed by atoms with Crippen LogP contribution in [0.25, 0.3) is 0 Å². The average molecular weight is 377 g/mol. The van der Waals surface area contributed by atoms with E-state index in [0.29, 0.717) is 23.1 Å². The average Bonchev–Trinajstić information content (AvgIpc) is 2.46. The largest absolute Gasteiger partial charge is 0.468 e. The van der Waals surface area contributed by atoms with E-state index in [4.69, 9.17) is 10.5 Å². The summed E-state index contributed by atoms with van der Waals surface area (Å²) in [5, 5.41) is 0. The number of hydrogen-bond acceptors (Lipinski definition) is 5. The normalized spacial score (nSPS) is 20.2. The molecule has 0 bridgehead atoms. The first kappa shape index (κ1) is 16.3. The molecule has 1 fully saturated rings. The van der Waals surface area contributed by atoms with Gasteiger partial charge in [0.15, 0.2) is 0 Å². The molecule has 116 valence electrons. The topological polar surface area (TPSA) is 89.7 Å². The Morgan fingerprint density at radius 3 is 2.76 bits per heavy atom. The van der Waals surface area contributed by atoms with Crippen molar-refractivity contribution in [2.24, 2.45) is 0 Å². The van der Waals surface area contributed by atoms with Crippen LogP contribution in [0.15, 0.2) is 27.6 Å². The Kier molecular flexibility index (Phi) is 4.90. The van der Waals surface area contributed by atoms with E-state index in [1.807, 2.05) is 0 Å². The fourth-order valence-electron chi connectivity index (χ4n) is 2.42. The van der Waals surface area contributed by atoms with Gasteiger partial charge in [-0.1, -0.05) is 0 Å². The number of rotatable bonds is 3. The number of sulfonamides is 1. The number of halogens is 1. The number of anilines is 1. The number of nitrogens with zero attached hydrogens (tertiary/aromatic N) is 1. The van der Waals surface area contributed by atoms with E-state index in [2.05, 4.69) is 15.9 Å². The lowest BCUT2D eigenvalue weighted by Crippen LogP contribution is -2.48. The summed E-state index contributed by atoms with van der Waals surface area (Å²) in [7, 11) is -2.52. The van der Waals surface area contributed by atoms with Gasteiger partial charge in [-0.2, -0.15) is 4.31 Å². The summed E-state index contributed by atoms with van der Waals surface area (Å²) in [5.41, 5.74) is 6.10. The van der Waals surface area contributed by atoms with E-state index in [0.717, 1.165) is 12.8 Å². The van der Waals surface area contributed by atoms with Gasteiger partial charge in [-0.3, -0.25) is 4.79 Å². The molecule has 0 radical (unpaired) electrons. The number of esters is 1. The highest BCUT2D eigenvalue weighted by Gasteiger charge is 2.38. The Morgan fingerprint density at radius 2 is 2.14 bits per heavy atom. The summed E-state index contributed by atoms with van der Waals surface area (Å²) in [4.78, 5) is 11.9. The summed E-state index contributed by atoms with van der Waals surface area (Å²) in [6, 6.07) is 3.73. The predicted molar refractivity (Wildman–Crippen MR) is 82.1 cm³/mol. The van der Waals surface area contributed by atoms with Crippen LogP contribution in [0, 0.1) is 0 Å². The zero-order valence-electron chi connectivity index (χ0n) is 11.6. The van der Waals surface area contributed by atoms with Gasteiger partial charge in [0.05, 0.1) is 12.0 Å². The molecule has 1 heterocycles. The lowest BCUT2D eigenvalue weighted by Gasteiger charge is -2.32. The van der Waals surface area contributed by atoms with Crippen molar-refractivity contribution in [3.8, 4) is 0 Å². The van der Waals surface area contributed by atoms with Gasteiger partial charge in [-0.05, 0) is 53.4 Å². The molecule has 1 aromatic carbocycles. The molecule has 1 unspecified atom stereocenters. The van der Waals surface area contributed by atoms with Crippen molar-refractivity contribution in [2.45, 2.75) is 30.2 Å². The molecule has 0 spiro atoms. The third kappa shape index (κ3) is 3.22. The van der Waals surface area contributed by atoms with Crippen LogP contribution in [0.1, 0.15) is 19.3 Å². The molecule has 1 aliphatic heterocycles. The van der Waals surface area contributed by atoms with Crippen molar-refractivity contribution in [1.29, 1.82) is 0 Å². The third-order valence-electron chi connectivity index (χ3n) is 3.47. The standard InChI is InChI=1S/C13H17BrN2O4S/c1-20-13(17)11-4-2-3-7-16(11)21(18,19)12-6-5-9(15)8-10(12)14/h5-6,8,11H,2-4,7,15H2,1H3. The zero-order valence-corrected chi connectivity index (χ0v) is 14.0. The summed E-state index contributed by atoms with van der Waals surface area (Å²) in [6.07, 6.45) is 1.99. The first-order valence-corrected chi connectivity index (χ1v) is 8.76. The van der Waals surface area contributed by atoms with Gasteiger partial charge < -0.3 is 10.5 Å². The highest BCUT2D eigenvalue weighted by Crippen LogP contribution is 2.31. The minimum Gasteiger partial charge on any atom is -0.468 e. The van der Waals surface area contributed by atoms with E-state index >= 15 is 0 Å². The number of hydrogen-bond donors (Lipinski definition) is 1. The van der Waals surface area contributed by atoms with Gasteiger partial charge in [0.2, 0.25) is 10.0 Å². The number of carbonyl (C=O) groups is 1. The molecule has 2 N–H and O–H groups in total. The quantitative estimate of drug-likeness (QED) is 0.640. The van der Waals surface area contributed by atoms with Crippen LogP contribution in [0.3, 0.4) is 0 Å². The maximum Gasteiger partial charge on any atom is 0.324 e. The second-order valence-electron chi connectivity index (χ2n) is 4.84. The number of methoxy groups -OCH3 is 1. The minimum absolute atomic E-state index is 0.104. The van der Waals surface area contributed by atoms with Crippen LogP contribution in [0.4, 0.5) is 5.69 Å². The molecular formula is C13H17BrN2O4S. The van der Waals surface area contributed by atoms with Crippen LogP contribution in [0.5, 0.6) is 0 Å². The van der Waals surface area contributed by atoms with Crippen LogP contribution >= 0.6 is 15.9 Å². The summed E-state index contributed by atoms with van der Waals surface area (Å²) >= 11 is 3.22. The van der Waals surface area contributed by atoms with Gasteiger partial charge >= 0.3 is 5.97 Å². The van der Waals surface area contributed by atoms with Crippen LogP contribution in [0.2, 0.25) is 0 Å². The lowest BCUT2D eigenvalue weighted by molar-refractivity contribution is -0.146. The number of piperidine rings is 1. The number of carbonyl (C=O) groups excluding carboxylic acids is 1. The second kappa shape index (κ2) is 6.33. The lowest BCUT2D eigenvalue weighted by atomic mass is 10.1. The fourth-order valence-corrected chi connectivity index (χ4v) is 5.12. The highest BCUT2D eigenvalue weighted by molar-refractivity contribution is 9.10. The Hall–Kier alpha value is -1.12.